The van der Waals surface area contributed by atoms with Crippen molar-refractivity contribution in [1.29, 1.82) is 0 Å². The molecular weight excluding hydrogens is 808 g/mol. The maximum Gasteiger partial charge on any atom is 0.333 e. The quantitative estimate of drug-likeness (QED) is 0.128. The Balaban J connectivity index is 1.27. The fourth-order valence-corrected chi connectivity index (χ4v) is 11.2. The van der Waals surface area contributed by atoms with Gasteiger partial charge in [0.05, 0.1) is 5.69 Å². The minimum absolute atomic E-state index is 0.0143. The van der Waals surface area contributed by atoms with E-state index in [1.165, 1.54) is 116 Å². The van der Waals surface area contributed by atoms with Crippen molar-refractivity contribution in [3.63, 3.8) is 0 Å². The minimum atomic E-state index is -0.124. The lowest BCUT2D eigenvalue weighted by Gasteiger charge is -2.47. The van der Waals surface area contributed by atoms with Crippen molar-refractivity contribution < 1.29 is 0 Å². The van der Waals surface area contributed by atoms with Gasteiger partial charge in [0.1, 0.15) is 0 Å². The van der Waals surface area contributed by atoms with Crippen LogP contribution >= 0.6 is 0 Å². The third-order valence-electron chi connectivity index (χ3n) is 14.8. The van der Waals surface area contributed by atoms with Gasteiger partial charge in [-0.15, -0.1) is 0 Å². The molecule has 0 aromatic heterocycles. The molecule has 12 rings (SSSR count). The Morgan fingerprint density at radius 1 is 0.388 bits per heavy atom. The molecule has 10 aromatic rings. The number of benzene rings is 10. The molecule has 2 heterocycles. The molecule has 326 valence electrons. The van der Waals surface area contributed by atoms with E-state index in [4.69, 9.17) is 0 Å². The van der Waals surface area contributed by atoms with E-state index in [-0.39, 0.29) is 23.1 Å². The Morgan fingerprint density at radius 3 is 1.60 bits per heavy atom. The van der Waals surface area contributed by atoms with E-state index in [1.807, 2.05) is 0 Å². The average Bonchev–Trinajstić information content (AvgIpc) is 3.32. The first-order valence-corrected chi connectivity index (χ1v) is 24.1. The summed E-state index contributed by atoms with van der Waals surface area (Å²) in [6.45, 7) is 20.8. The smallest absolute Gasteiger partial charge is 0.333 e. The zero-order valence-electron chi connectivity index (χ0n) is 40.3. The number of hydrogen-bond donors (Lipinski definition) is 0. The number of nitrogens with zero attached hydrogens (tertiary/aromatic N) is 2. The van der Waals surface area contributed by atoms with Gasteiger partial charge in [0.15, 0.2) is 0 Å². The summed E-state index contributed by atoms with van der Waals surface area (Å²) in [6, 6.07) is 69.6. The first-order chi connectivity index (χ1) is 32.1. The predicted molar refractivity (Wildman–Crippen MR) is 291 cm³/mol. The molecule has 0 fully saturated rings. The molecule has 2 aliphatic heterocycles. The summed E-state index contributed by atoms with van der Waals surface area (Å²) in [5.74, 6) is 0. The molecule has 0 N–H and O–H groups in total. The molecular formula is C64H57BN2. The standard InChI is InChI=1S/C64H57BN2/c1-62(2,3)46-26-29-49(30-27-46)67-55-34-28-47(63(4,5)6)39-53(55)59-51-31-23-44-35-48(64(7,8)9)36-45-24-32-52(58(51)57(44)45)61-60(59)65(67)54-33-25-43(41-19-14-11-15-20-41)38-56(54)66(61)50-22-16-21-42(37-50)40-17-12-10-13-18-40/h10-39H,1-9H3. The largest absolute Gasteiger partial charge is 0.376 e. The van der Waals surface area contributed by atoms with Gasteiger partial charge in [0.25, 0.3) is 0 Å². The molecule has 0 spiro atoms. The van der Waals surface area contributed by atoms with Crippen molar-refractivity contribution in [3.05, 3.63) is 199 Å². The van der Waals surface area contributed by atoms with Gasteiger partial charge in [-0.2, -0.15) is 0 Å². The van der Waals surface area contributed by atoms with Crippen molar-refractivity contribution in [2.45, 2.75) is 78.6 Å². The van der Waals surface area contributed by atoms with Crippen molar-refractivity contribution in [2.75, 3.05) is 9.71 Å². The summed E-state index contributed by atoms with van der Waals surface area (Å²) in [7, 11) is 0. The summed E-state index contributed by atoms with van der Waals surface area (Å²) in [5, 5.41) is 7.87. The lowest BCUT2D eigenvalue weighted by atomic mass is 9.42. The fraction of sp³-hybridized carbons (Fsp3) is 0.188. The number of anilines is 5. The third kappa shape index (κ3) is 6.53. The van der Waals surface area contributed by atoms with Crippen LogP contribution in [0.25, 0.3) is 65.7 Å². The summed E-state index contributed by atoms with van der Waals surface area (Å²) in [6.07, 6.45) is 0. The average molecular weight is 865 g/mol. The second-order valence-corrected chi connectivity index (χ2v) is 22.2. The van der Waals surface area contributed by atoms with Gasteiger partial charge in [-0.1, -0.05) is 202 Å². The highest BCUT2D eigenvalue weighted by atomic mass is 15.2. The van der Waals surface area contributed by atoms with Crippen molar-refractivity contribution in [3.8, 4) is 33.4 Å². The van der Waals surface area contributed by atoms with Crippen LogP contribution in [-0.4, -0.2) is 6.85 Å². The minimum Gasteiger partial charge on any atom is -0.376 e. The Bertz CT molecular complexity index is 3550. The molecule has 0 bridgehead atoms. The highest BCUT2D eigenvalue weighted by molar-refractivity contribution is 6.94. The van der Waals surface area contributed by atoms with Gasteiger partial charge in [-0.3, -0.25) is 0 Å². The Morgan fingerprint density at radius 2 is 0.970 bits per heavy atom. The summed E-state index contributed by atoms with van der Waals surface area (Å²) in [4.78, 5) is 5.31. The molecule has 0 atom stereocenters. The lowest BCUT2D eigenvalue weighted by molar-refractivity contribution is 0.590. The first-order valence-electron chi connectivity index (χ1n) is 24.1. The van der Waals surface area contributed by atoms with Gasteiger partial charge in [0.2, 0.25) is 0 Å². The van der Waals surface area contributed by atoms with Crippen molar-refractivity contribution >= 4 is 78.5 Å². The lowest BCUT2D eigenvalue weighted by Crippen LogP contribution is -2.61. The summed E-state index contributed by atoms with van der Waals surface area (Å²) in [5.41, 5.74) is 20.1. The molecule has 0 unspecified atom stereocenters. The summed E-state index contributed by atoms with van der Waals surface area (Å²) >= 11 is 0. The number of hydrogen-bond acceptors (Lipinski definition) is 2. The molecule has 0 aliphatic carbocycles. The normalized spacial score (nSPS) is 13.7. The van der Waals surface area contributed by atoms with Crippen LogP contribution in [0.15, 0.2) is 182 Å². The van der Waals surface area contributed by atoms with Crippen LogP contribution in [0.4, 0.5) is 28.4 Å². The molecule has 0 radical (unpaired) electrons. The molecule has 2 nitrogen and oxygen atoms in total. The predicted octanol–water partition coefficient (Wildman–Crippen LogP) is 16.5. The van der Waals surface area contributed by atoms with E-state index in [0.29, 0.717) is 0 Å². The fourth-order valence-electron chi connectivity index (χ4n) is 11.2. The van der Waals surface area contributed by atoms with E-state index in [1.54, 1.807) is 0 Å². The number of fused-ring (bicyclic) bond motifs is 6. The van der Waals surface area contributed by atoms with Gasteiger partial charge >= 0.3 is 6.85 Å². The van der Waals surface area contributed by atoms with Crippen LogP contribution in [0.3, 0.4) is 0 Å². The van der Waals surface area contributed by atoms with Crippen LogP contribution in [0.2, 0.25) is 0 Å². The molecule has 67 heavy (non-hydrogen) atoms. The number of rotatable bonds is 4. The molecule has 0 saturated heterocycles. The van der Waals surface area contributed by atoms with Crippen LogP contribution in [0.5, 0.6) is 0 Å². The third-order valence-corrected chi connectivity index (χ3v) is 14.8. The van der Waals surface area contributed by atoms with E-state index in [9.17, 15) is 0 Å². The Labute approximate surface area is 397 Å². The second kappa shape index (κ2) is 14.7. The van der Waals surface area contributed by atoms with E-state index >= 15 is 0 Å². The van der Waals surface area contributed by atoms with Crippen LogP contribution in [-0.2, 0) is 16.2 Å². The maximum atomic E-state index is 2.67. The topological polar surface area (TPSA) is 6.48 Å². The summed E-state index contributed by atoms with van der Waals surface area (Å²) < 4.78 is 0. The molecule has 0 saturated carbocycles. The zero-order valence-corrected chi connectivity index (χ0v) is 40.3. The van der Waals surface area contributed by atoms with E-state index in [0.717, 1.165) is 5.69 Å². The maximum absolute atomic E-state index is 2.67. The van der Waals surface area contributed by atoms with Crippen LogP contribution < -0.4 is 20.6 Å². The van der Waals surface area contributed by atoms with E-state index in [2.05, 4.69) is 254 Å². The highest BCUT2D eigenvalue weighted by Gasteiger charge is 2.47. The zero-order chi connectivity index (χ0) is 46.1. The second-order valence-electron chi connectivity index (χ2n) is 22.2. The Kier molecular flexibility index (Phi) is 9.07. The molecule has 0 amide bonds. The van der Waals surface area contributed by atoms with Crippen LogP contribution in [0, 0.1) is 0 Å². The highest BCUT2D eigenvalue weighted by Crippen LogP contribution is 2.54. The van der Waals surface area contributed by atoms with Crippen molar-refractivity contribution in [2.24, 2.45) is 0 Å². The van der Waals surface area contributed by atoms with E-state index < -0.39 is 0 Å². The van der Waals surface area contributed by atoms with Gasteiger partial charge in [-0.25, -0.2) is 0 Å². The van der Waals surface area contributed by atoms with Crippen molar-refractivity contribution in [1.82, 2.24) is 0 Å². The SMILES string of the molecule is CC(C)(C)c1ccc(N2B3c4ccc(-c5ccccc5)cc4N(c4cccc(-c5ccccc5)c4)c4c3c(c3ccc5cc(C(C)(C)C)cc6ccc4c3c56)-c3cc(C(C)(C)C)ccc32)cc1. The monoisotopic (exact) mass is 864 g/mol. The molecule has 10 aromatic carbocycles. The van der Waals surface area contributed by atoms with Crippen LogP contribution in [0.1, 0.15) is 79.0 Å². The van der Waals surface area contributed by atoms with Gasteiger partial charge in [0, 0.05) is 39.1 Å². The molecule has 2 aliphatic rings. The van der Waals surface area contributed by atoms with Gasteiger partial charge in [-0.05, 0) is 136 Å². The Hall–Kier alpha value is -7.10. The van der Waals surface area contributed by atoms with Gasteiger partial charge < -0.3 is 9.71 Å². The first kappa shape index (κ1) is 41.3. The molecule has 3 heteroatoms.